The maximum Gasteiger partial charge on any atom is 0.328 e. The van der Waals surface area contributed by atoms with Gasteiger partial charge in [0, 0.05) is 20.6 Å². The van der Waals surface area contributed by atoms with Gasteiger partial charge in [0.25, 0.3) is 0 Å². The van der Waals surface area contributed by atoms with Gasteiger partial charge in [-0.05, 0) is 41.9 Å². The molecule has 27 heavy (non-hydrogen) atoms. The molecular formula is C20H25ClN3O3-. The minimum Gasteiger partial charge on any atom is -1.00 e. The number of ether oxygens (including phenoxy) is 2. The second-order valence-electron chi connectivity index (χ2n) is 6.28. The summed E-state index contributed by atoms with van der Waals surface area (Å²) in [7, 11) is 5.20. The summed E-state index contributed by atoms with van der Waals surface area (Å²) >= 11 is 0. The minimum atomic E-state index is -0.0315. The molecule has 7 heteroatoms. The number of methoxy groups -OCH3 is 1. The SMILES string of the molecule is CCNCc1ccc(OCc2ccc3c(c2)n(C)c(=O)n3C)c(OC)c1.[Cl-]. The third kappa shape index (κ3) is 4.28. The van der Waals surface area contributed by atoms with E-state index in [2.05, 4.69) is 12.2 Å². The van der Waals surface area contributed by atoms with Crippen LogP contribution in [0.2, 0.25) is 0 Å². The number of nitrogens with zero attached hydrogens (tertiary/aromatic N) is 2. The zero-order valence-electron chi connectivity index (χ0n) is 16.1. The average Bonchev–Trinajstić information content (AvgIpc) is 2.88. The molecule has 0 aliphatic rings. The average molecular weight is 391 g/mol. The molecule has 0 radical (unpaired) electrons. The van der Waals surface area contributed by atoms with Crippen molar-refractivity contribution in [3.63, 3.8) is 0 Å². The fourth-order valence-corrected chi connectivity index (χ4v) is 3.01. The highest BCUT2D eigenvalue weighted by Gasteiger charge is 2.10. The Morgan fingerprint density at radius 2 is 1.67 bits per heavy atom. The fraction of sp³-hybridized carbons (Fsp3) is 0.350. The number of fused-ring (bicyclic) bond motifs is 1. The lowest BCUT2D eigenvalue weighted by Gasteiger charge is -2.13. The topological polar surface area (TPSA) is 57.4 Å². The summed E-state index contributed by atoms with van der Waals surface area (Å²) in [4.78, 5) is 12.0. The molecule has 0 saturated heterocycles. The van der Waals surface area contributed by atoms with Gasteiger partial charge in [0.05, 0.1) is 18.1 Å². The lowest BCUT2D eigenvalue weighted by Crippen LogP contribution is -3.00. The Labute approximate surface area is 165 Å². The van der Waals surface area contributed by atoms with Crippen LogP contribution in [0, 0.1) is 0 Å². The number of halogens is 1. The Hall–Kier alpha value is -2.44. The lowest BCUT2D eigenvalue weighted by atomic mass is 10.2. The molecule has 6 nitrogen and oxygen atoms in total. The van der Waals surface area contributed by atoms with Gasteiger partial charge in [-0.1, -0.05) is 19.1 Å². The number of aryl methyl sites for hydroxylation is 2. The van der Waals surface area contributed by atoms with E-state index in [-0.39, 0.29) is 18.1 Å². The van der Waals surface area contributed by atoms with Crippen molar-refractivity contribution in [2.45, 2.75) is 20.1 Å². The normalized spacial score (nSPS) is 10.7. The molecule has 0 spiro atoms. The summed E-state index contributed by atoms with van der Waals surface area (Å²) in [5.74, 6) is 1.42. The Balaban J connectivity index is 0.00000261. The molecule has 0 aliphatic heterocycles. The van der Waals surface area contributed by atoms with E-state index < -0.39 is 0 Å². The first-order valence-electron chi connectivity index (χ1n) is 8.70. The van der Waals surface area contributed by atoms with Crippen molar-refractivity contribution in [1.29, 1.82) is 0 Å². The van der Waals surface area contributed by atoms with Gasteiger partial charge in [-0.25, -0.2) is 4.79 Å². The summed E-state index contributed by atoms with van der Waals surface area (Å²) in [5, 5.41) is 3.30. The van der Waals surface area contributed by atoms with E-state index in [0.29, 0.717) is 18.1 Å². The molecule has 1 heterocycles. The zero-order chi connectivity index (χ0) is 18.7. The van der Waals surface area contributed by atoms with Crippen LogP contribution in [-0.4, -0.2) is 22.8 Å². The van der Waals surface area contributed by atoms with Crippen LogP contribution in [0.25, 0.3) is 11.0 Å². The van der Waals surface area contributed by atoms with Crippen molar-refractivity contribution >= 4 is 11.0 Å². The van der Waals surface area contributed by atoms with Gasteiger partial charge in [-0.2, -0.15) is 0 Å². The molecule has 0 saturated carbocycles. The number of benzene rings is 2. The van der Waals surface area contributed by atoms with Gasteiger partial charge in [0.2, 0.25) is 0 Å². The number of aromatic nitrogens is 2. The highest BCUT2D eigenvalue weighted by molar-refractivity contribution is 5.76. The van der Waals surface area contributed by atoms with Crippen molar-refractivity contribution in [3.05, 3.63) is 58.0 Å². The first-order chi connectivity index (χ1) is 12.5. The van der Waals surface area contributed by atoms with Crippen LogP contribution in [0.15, 0.2) is 41.2 Å². The van der Waals surface area contributed by atoms with Crippen LogP contribution in [0.1, 0.15) is 18.1 Å². The van der Waals surface area contributed by atoms with Gasteiger partial charge >= 0.3 is 5.69 Å². The predicted molar refractivity (Wildman–Crippen MR) is 103 cm³/mol. The fourth-order valence-electron chi connectivity index (χ4n) is 3.01. The van der Waals surface area contributed by atoms with Crippen LogP contribution in [0.5, 0.6) is 11.5 Å². The molecule has 0 aliphatic carbocycles. The molecule has 0 atom stereocenters. The van der Waals surface area contributed by atoms with Crippen LogP contribution in [0.3, 0.4) is 0 Å². The van der Waals surface area contributed by atoms with E-state index in [9.17, 15) is 4.79 Å². The van der Waals surface area contributed by atoms with E-state index in [1.807, 2.05) is 36.4 Å². The summed E-state index contributed by atoms with van der Waals surface area (Å²) in [5.41, 5.74) is 3.92. The number of hydrogen-bond donors (Lipinski definition) is 1. The Kier molecular flexibility index (Phi) is 6.93. The molecular weight excluding hydrogens is 366 g/mol. The van der Waals surface area contributed by atoms with Crippen molar-refractivity contribution in [1.82, 2.24) is 14.5 Å². The Morgan fingerprint density at radius 3 is 2.37 bits per heavy atom. The highest BCUT2D eigenvalue weighted by atomic mass is 35.5. The smallest absolute Gasteiger partial charge is 0.328 e. The first kappa shape index (κ1) is 20.9. The maximum absolute atomic E-state index is 12.0. The van der Waals surface area contributed by atoms with Crippen LogP contribution >= 0.6 is 0 Å². The summed E-state index contributed by atoms with van der Waals surface area (Å²) in [6, 6.07) is 11.9. The minimum absolute atomic E-state index is 0. The maximum atomic E-state index is 12.0. The third-order valence-electron chi connectivity index (χ3n) is 4.54. The van der Waals surface area contributed by atoms with E-state index in [1.54, 1.807) is 30.3 Å². The van der Waals surface area contributed by atoms with Crippen LogP contribution in [-0.2, 0) is 27.2 Å². The van der Waals surface area contributed by atoms with Crippen molar-refractivity contribution in [2.75, 3.05) is 13.7 Å². The molecule has 0 unspecified atom stereocenters. The molecule has 0 amide bonds. The Bertz CT molecular complexity index is 978. The Morgan fingerprint density at radius 1 is 0.963 bits per heavy atom. The van der Waals surface area contributed by atoms with E-state index in [0.717, 1.165) is 35.2 Å². The van der Waals surface area contributed by atoms with Gasteiger partial charge in [-0.3, -0.25) is 9.13 Å². The third-order valence-corrected chi connectivity index (χ3v) is 4.54. The van der Waals surface area contributed by atoms with Crippen molar-refractivity contribution < 1.29 is 21.9 Å². The molecule has 1 N–H and O–H groups in total. The van der Waals surface area contributed by atoms with Crippen molar-refractivity contribution in [3.8, 4) is 11.5 Å². The zero-order valence-corrected chi connectivity index (χ0v) is 16.8. The number of hydrogen-bond acceptors (Lipinski definition) is 4. The second-order valence-corrected chi connectivity index (χ2v) is 6.28. The molecule has 1 aromatic heterocycles. The lowest BCUT2D eigenvalue weighted by molar-refractivity contribution is -0.00000610. The first-order valence-corrected chi connectivity index (χ1v) is 8.70. The van der Waals surface area contributed by atoms with E-state index in [1.165, 1.54) is 0 Å². The number of rotatable bonds is 7. The molecule has 3 rings (SSSR count). The highest BCUT2D eigenvalue weighted by Crippen LogP contribution is 2.29. The monoisotopic (exact) mass is 390 g/mol. The quantitative estimate of drug-likeness (QED) is 0.595. The standard InChI is InChI=1S/C20H25N3O3.ClH/c1-5-21-12-14-7-9-18(19(11-14)25-4)26-13-15-6-8-16-17(10-15)23(3)20(24)22(16)2;/h6-11,21H,5,12-13H2,1-4H3;1H/p-1. The van der Waals surface area contributed by atoms with Gasteiger partial charge in [0.15, 0.2) is 11.5 Å². The molecule has 2 aromatic carbocycles. The molecule has 0 fully saturated rings. The van der Waals surface area contributed by atoms with Gasteiger partial charge in [0.1, 0.15) is 6.61 Å². The van der Waals surface area contributed by atoms with Gasteiger partial charge in [-0.15, -0.1) is 0 Å². The van der Waals surface area contributed by atoms with Crippen molar-refractivity contribution in [2.24, 2.45) is 14.1 Å². The number of imidazole rings is 1. The van der Waals surface area contributed by atoms with Crippen LogP contribution in [0.4, 0.5) is 0 Å². The van der Waals surface area contributed by atoms with Crippen LogP contribution < -0.4 is 32.9 Å². The van der Waals surface area contributed by atoms with Gasteiger partial charge < -0.3 is 27.2 Å². The number of nitrogens with one attached hydrogen (secondary N) is 1. The summed E-state index contributed by atoms with van der Waals surface area (Å²) < 4.78 is 14.7. The largest absolute Gasteiger partial charge is 1.00 e. The summed E-state index contributed by atoms with van der Waals surface area (Å²) in [6.07, 6.45) is 0. The predicted octanol–water partition coefficient (Wildman–Crippen LogP) is -0.422. The van der Waals surface area contributed by atoms with E-state index >= 15 is 0 Å². The van der Waals surface area contributed by atoms with E-state index in [4.69, 9.17) is 9.47 Å². The molecule has 0 bridgehead atoms. The summed E-state index contributed by atoms with van der Waals surface area (Å²) in [6.45, 7) is 4.20. The molecule has 3 aromatic rings. The molecule has 146 valence electrons. The second kappa shape index (κ2) is 8.97.